The van der Waals surface area contributed by atoms with Crippen LogP contribution in [-0.2, 0) is 0 Å². The van der Waals surface area contributed by atoms with Gasteiger partial charge in [0.05, 0.1) is 16.4 Å². The van der Waals surface area contributed by atoms with Crippen LogP contribution in [0, 0.1) is 0 Å². The molecule has 6 heteroatoms. The van der Waals surface area contributed by atoms with E-state index in [2.05, 4.69) is 42.4 Å². The standard InChI is InChI=1S/C13H9Br2ClN2O/c14-9-4-8(13(19)12(15)5-9)7-17-18-11-3-1-2-10(16)6-11/h1-7,18-19H/b17-7-. The predicted octanol–water partition coefficient (Wildman–Crippen LogP) is 5.02. The summed E-state index contributed by atoms with van der Waals surface area (Å²) in [6.45, 7) is 0. The molecule has 19 heavy (non-hydrogen) atoms. The lowest BCUT2D eigenvalue weighted by atomic mass is 10.2. The Morgan fingerprint density at radius 1 is 1.21 bits per heavy atom. The second kappa shape index (κ2) is 6.41. The van der Waals surface area contributed by atoms with Crippen LogP contribution in [-0.4, -0.2) is 11.3 Å². The van der Waals surface area contributed by atoms with Gasteiger partial charge < -0.3 is 5.11 Å². The van der Waals surface area contributed by atoms with Crippen LogP contribution >= 0.6 is 43.5 Å². The maximum Gasteiger partial charge on any atom is 0.138 e. The fraction of sp³-hybridized carbons (Fsp3) is 0. The van der Waals surface area contributed by atoms with Gasteiger partial charge in [-0.15, -0.1) is 0 Å². The van der Waals surface area contributed by atoms with Crippen LogP contribution in [0.5, 0.6) is 5.75 Å². The van der Waals surface area contributed by atoms with E-state index in [0.717, 1.165) is 10.2 Å². The zero-order valence-electron chi connectivity index (χ0n) is 9.57. The van der Waals surface area contributed by atoms with E-state index in [9.17, 15) is 5.11 Å². The molecule has 2 N–H and O–H groups in total. The van der Waals surface area contributed by atoms with E-state index in [4.69, 9.17) is 11.6 Å². The van der Waals surface area contributed by atoms with Crippen molar-refractivity contribution in [3.8, 4) is 5.75 Å². The maximum absolute atomic E-state index is 9.86. The Kier molecular flexibility index (Phi) is 4.85. The van der Waals surface area contributed by atoms with Gasteiger partial charge in [0.1, 0.15) is 5.75 Å². The van der Waals surface area contributed by atoms with Crippen LogP contribution in [0.1, 0.15) is 5.56 Å². The van der Waals surface area contributed by atoms with Crippen molar-refractivity contribution in [1.29, 1.82) is 0 Å². The number of nitrogens with one attached hydrogen (secondary N) is 1. The minimum absolute atomic E-state index is 0.139. The number of phenols is 1. The molecule has 0 saturated heterocycles. The molecule has 0 aliphatic carbocycles. The van der Waals surface area contributed by atoms with Crippen LogP contribution < -0.4 is 5.43 Å². The number of hydrogen-bond donors (Lipinski definition) is 2. The summed E-state index contributed by atoms with van der Waals surface area (Å²) >= 11 is 12.5. The minimum Gasteiger partial charge on any atom is -0.506 e. The molecule has 0 atom stereocenters. The first-order chi connectivity index (χ1) is 9.06. The lowest BCUT2D eigenvalue weighted by Crippen LogP contribution is -1.91. The molecule has 2 aromatic carbocycles. The number of rotatable bonds is 3. The van der Waals surface area contributed by atoms with Crippen LogP contribution in [0.25, 0.3) is 0 Å². The molecule has 0 aliphatic heterocycles. The van der Waals surface area contributed by atoms with E-state index in [1.807, 2.05) is 12.1 Å². The Balaban J connectivity index is 2.15. The summed E-state index contributed by atoms with van der Waals surface area (Å²) in [5.41, 5.74) is 4.21. The lowest BCUT2D eigenvalue weighted by molar-refractivity contribution is 0.471. The van der Waals surface area contributed by atoms with Crippen molar-refractivity contribution in [2.45, 2.75) is 0 Å². The summed E-state index contributed by atoms with van der Waals surface area (Å²) in [4.78, 5) is 0. The summed E-state index contributed by atoms with van der Waals surface area (Å²) in [7, 11) is 0. The van der Waals surface area contributed by atoms with Gasteiger partial charge in [-0.3, -0.25) is 5.43 Å². The van der Waals surface area contributed by atoms with Gasteiger partial charge >= 0.3 is 0 Å². The predicted molar refractivity (Wildman–Crippen MR) is 86.2 cm³/mol. The fourth-order valence-corrected chi connectivity index (χ4v) is 2.87. The maximum atomic E-state index is 9.86. The largest absolute Gasteiger partial charge is 0.506 e. The van der Waals surface area contributed by atoms with Crippen molar-refractivity contribution in [2.75, 3.05) is 5.43 Å². The molecular weight excluding hydrogens is 395 g/mol. The topological polar surface area (TPSA) is 44.6 Å². The molecule has 0 aliphatic rings. The van der Waals surface area contributed by atoms with E-state index < -0.39 is 0 Å². The molecule has 0 bridgehead atoms. The number of halogens is 3. The van der Waals surface area contributed by atoms with Gasteiger partial charge in [0, 0.05) is 15.1 Å². The molecule has 98 valence electrons. The third kappa shape index (κ3) is 3.96. The van der Waals surface area contributed by atoms with Gasteiger partial charge in [-0.2, -0.15) is 5.10 Å². The molecule has 3 nitrogen and oxygen atoms in total. The highest BCUT2D eigenvalue weighted by atomic mass is 79.9. The van der Waals surface area contributed by atoms with Crippen molar-refractivity contribution in [2.24, 2.45) is 5.10 Å². The van der Waals surface area contributed by atoms with E-state index in [0.29, 0.717) is 15.1 Å². The van der Waals surface area contributed by atoms with Gasteiger partial charge in [-0.05, 0) is 46.3 Å². The Morgan fingerprint density at radius 2 is 2.00 bits per heavy atom. The molecular formula is C13H9Br2ClN2O. The highest BCUT2D eigenvalue weighted by Gasteiger charge is 2.05. The Morgan fingerprint density at radius 3 is 2.74 bits per heavy atom. The number of aromatic hydroxyl groups is 1. The quantitative estimate of drug-likeness (QED) is 0.558. The lowest BCUT2D eigenvalue weighted by Gasteiger charge is -2.03. The first-order valence-corrected chi connectivity index (χ1v) is 7.25. The normalized spacial score (nSPS) is 10.9. The van der Waals surface area contributed by atoms with Gasteiger partial charge in [0.25, 0.3) is 0 Å². The summed E-state index contributed by atoms with van der Waals surface area (Å²) in [5, 5.41) is 14.5. The molecule has 0 spiro atoms. The van der Waals surface area contributed by atoms with Crippen LogP contribution in [0.15, 0.2) is 50.4 Å². The van der Waals surface area contributed by atoms with E-state index >= 15 is 0 Å². The molecule has 2 rings (SSSR count). The number of phenolic OH excluding ortho intramolecular Hbond substituents is 1. The van der Waals surface area contributed by atoms with Crippen molar-refractivity contribution in [1.82, 2.24) is 0 Å². The van der Waals surface area contributed by atoms with Crippen LogP contribution in [0.4, 0.5) is 5.69 Å². The number of hydrazone groups is 1. The molecule has 0 unspecified atom stereocenters. The third-order valence-corrected chi connectivity index (χ3v) is 3.58. The van der Waals surface area contributed by atoms with Gasteiger partial charge in [-0.25, -0.2) is 0 Å². The molecule has 0 heterocycles. The number of hydrogen-bond acceptors (Lipinski definition) is 3. The summed E-state index contributed by atoms with van der Waals surface area (Å²) in [6.07, 6.45) is 1.53. The van der Waals surface area contributed by atoms with E-state index in [-0.39, 0.29) is 5.75 Å². The van der Waals surface area contributed by atoms with Gasteiger partial charge in [0.2, 0.25) is 0 Å². The first-order valence-electron chi connectivity index (χ1n) is 5.29. The fourth-order valence-electron chi connectivity index (χ4n) is 1.42. The number of anilines is 1. The van der Waals surface area contributed by atoms with Crippen molar-refractivity contribution >= 4 is 55.4 Å². The third-order valence-electron chi connectivity index (χ3n) is 2.28. The number of nitrogens with zero attached hydrogens (tertiary/aromatic N) is 1. The molecule has 2 aromatic rings. The van der Waals surface area contributed by atoms with Crippen molar-refractivity contribution in [3.05, 3.63) is 55.9 Å². The summed E-state index contributed by atoms with van der Waals surface area (Å²) in [6, 6.07) is 10.7. The minimum atomic E-state index is 0.139. The molecule has 0 amide bonds. The van der Waals surface area contributed by atoms with E-state index in [1.165, 1.54) is 6.21 Å². The smallest absolute Gasteiger partial charge is 0.138 e. The average Bonchev–Trinajstić information content (AvgIpc) is 2.35. The van der Waals surface area contributed by atoms with Crippen LogP contribution in [0.2, 0.25) is 5.02 Å². The second-order valence-electron chi connectivity index (χ2n) is 3.71. The Hall–Kier alpha value is -1.04. The van der Waals surface area contributed by atoms with Crippen molar-refractivity contribution < 1.29 is 5.11 Å². The molecule has 0 saturated carbocycles. The molecule has 0 radical (unpaired) electrons. The zero-order chi connectivity index (χ0) is 13.8. The Bertz CT molecular complexity index is 632. The molecule has 0 aromatic heterocycles. The van der Waals surface area contributed by atoms with Crippen molar-refractivity contribution in [3.63, 3.8) is 0 Å². The summed E-state index contributed by atoms with van der Waals surface area (Å²) in [5.74, 6) is 0.139. The van der Waals surface area contributed by atoms with Gasteiger partial charge in [0.15, 0.2) is 0 Å². The second-order valence-corrected chi connectivity index (χ2v) is 5.91. The summed E-state index contributed by atoms with van der Waals surface area (Å²) < 4.78 is 1.45. The first kappa shape index (κ1) is 14.4. The highest BCUT2D eigenvalue weighted by Crippen LogP contribution is 2.30. The monoisotopic (exact) mass is 402 g/mol. The number of benzene rings is 2. The SMILES string of the molecule is Oc1c(Br)cc(Br)cc1/C=N\Nc1cccc(Cl)c1. The Labute approximate surface area is 132 Å². The van der Waals surface area contributed by atoms with Gasteiger partial charge in [-0.1, -0.05) is 33.6 Å². The zero-order valence-corrected chi connectivity index (χ0v) is 13.5. The highest BCUT2D eigenvalue weighted by molar-refractivity contribution is 9.11. The molecule has 0 fully saturated rings. The average molecular weight is 404 g/mol. The van der Waals surface area contributed by atoms with Crippen LogP contribution in [0.3, 0.4) is 0 Å². The van der Waals surface area contributed by atoms with E-state index in [1.54, 1.807) is 24.3 Å².